The minimum atomic E-state index is -0.741. The Kier molecular flexibility index (Phi) is 5.04. The fraction of sp³-hybridized carbons (Fsp3) is 0.474. The molecule has 1 heterocycles. The number of aliphatic carboxylic acids is 1. The van der Waals surface area contributed by atoms with Crippen molar-refractivity contribution in [2.45, 2.75) is 45.1 Å². The van der Waals surface area contributed by atoms with E-state index in [0.29, 0.717) is 10.7 Å². The number of carbonyl (C=O) groups excluding carboxylic acids is 1. The predicted octanol–water partition coefficient (Wildman–Crippen LogP) is 3.90. The summed E-state index contributed by atoms with van der Waals surface area (Å²) >= 11 is 6.37. The molecule has 0 aliphatic heterocycles. The first kappa shape index (κ1) is 17.8. The Hall–Kier alpha value is -2.01. The van der Waals surface area contributed by atoms with Gasteiger partial charge in [-0.3, -0.25) is 9.59 Å². The number of carboxylic acid groups (broad SMARTS) is 1. The summed E-state index contributed by atoms with van der Waals surface area (Å²) in [5.41, 5.74) is 2.52. The monoisotopic (exact) mass is 362 g/mol. The van der Waals surface area contributed by atoms with Crippen LogP contribution < -0.4 is 5.32 Å². The minimum absolute atomic E-state index is 0.103. The highest BCUT2D eigenvalue weighted by Crippen LogP contribution is 2.30. The van der Waals surface area contributed by atoms with Gasteiger partial charge in [-0.2, -0.15) is 0 Å². The molecule has 1 fully saturated rings. The SMILES string of the molecule is Cc1ccc2c(cc(C(=O)N[C@H]3CC[C@H](CC(=O)O)CC3)n2C)c1Cl. The van der Waals surface area contributed by atoms with Crippen LogP contribution in [0.1, 0.15) is 48.2 Å². The number of nitrogens with one attached hydrogen (secondary N) is 1. The molecule has 0 spiro atoms. The van der Waals surface area contributed by atoms with Gasteiger partial charge < -0.3 is 15.0 Å². The molecule has 0 unspecified atom stereocenters. The second-order valence-electron chi connectivity index (χ2n) is 7.01. The normalized spacial score (nSPS) is 20.6. The van der Waals surface area contributed by atoms with Gasteiger partial charge in [-0.25, -0.2) is 0 Å². The molecule has 0 atom stereocenters. The van der Waals surface area contributed by atoms with Crippen LogP contribution in [0, 0.1) is 12.8 Å². The van der Waals surface area contributed by atoms with Crippen LogP contribution in [-0.2, 0) is 11.8 Å². The largest absolute Gasteiger partial charge is 0.481 e. The smallest absolute Gasteiger partial charge is 0.303 e. The van der Waals surface area contributed by atoms with Crippen LogP contribution in [0.25, 0.3) is 10.9 Å². The number of halogens is 1. The zero-order valence-electron chi connectivity index (χ0n) is 14.5. The summed E-state index contributed by atoms with van der Waals surface area (Å²) in [5.74, 6) is -0.616. The number of aromatic nitrogens is 1. The average molecular weight is 363 g/mol. The van der Waals surface area contributed by atoms with Crippen LogP contribution in [0.3, 0.4) is 0 Å². The summed E-state index contributed by atoms with van der Waals surface area (Å²) < 4.78 is 1.87. The number of benzene rings is 1. The Morgan fingerprint density at radius 3 is 2.60 bits per heavy atom. The third-order valence-corrected chi connectivity index (χ3v) is 5.73. The first-order chi connectivity index (χ1) is 11.9. The molecule has 3 rings (SSSR count). The van der Waals surface area contributed by atoms with E-state index in [-0.39, 0.29) is 24.3 Å². The van der Waals surface area contributed by atoms with E-state index in [0.717, 1.165) is 42.1 Å². The number of amides is 1. The third-order valence-electron chi connectivity index (χ3n) is 5.23. The molecule has 0 saturated heterocycles. The Morgan fingerprint density at radius 2 is 1.96 bits per heavy atom. The van der Waals surface area contributed by atoms with Gasteiger partial charge in [0, 0.05) is 30.4 Å². The van der Waals surface area contributed by atoms with Crippen LogP contribution in [0.4, 0.5) is 0 Å². The highest BCUT2D eigenvalue weighted by molar-refractivity contribution is 6.36. The fourth-order valence-electron chi connectivity index (χ4n) is 3.72. The molecule has 0 radical (unpaired) electrons. The first-order valence-electron chi connectivity index (χ1n) is 8.64. The number of aryl methyl sites for hydroxylation is 2. The van der Waals surface area contributed by atoms with Crippen molar-refractivity contribution < 1.29 is 14.7 Å². The molecule has 5 nitrogen and oxygen atoms in total. The summed E-state index contributed by atoms with van der Waals surface area (Å²) in [6, 6.07) is 5.88. The lowest BCUT2D eigenvalue weighted by Crippen LogP contribution is -2.38. The standard InChI is InChI=1S/C19H23ClN2O3/c1-11-3-8-15-14(18(11)20)10-16(22(15)2)19(25)21-13-6-4-12(5-7-13)9-17(23)24/h3,8,10,12-13H,4-7,9H2,1-2H3,(H,21,25)(H,23,24)/t12-,13-. The van der Waals surface area contributed by atoms with Gasteiger partial charge in [-0.15, -0.1) is 0 Å². The van der Waals surface area contributed by atoms with Gasteiger partial charge >= 0.3 is 5.97 Å². The second kappa shape index (κ2) is 7.08. The highest BCUT2D eigenvalue weighted by Gasteiger charge is 2.25. The molecule has 134 valence electrons. The molecule has 1 aliphatic carbocycles. The third kappa shape index (κ3) is 3.66. The lowest BCUT2D eigenvalue weighted by atomic mass is 9.84. The molecule has 1 aromatic carbocycles. The van der Waals surface area contributed by atoms with E-state index in [1.54, 1.807) is 0 Å². The summed E-state index contributed by atoms with van der Waals surface area (Å²) in [6.45, 7) is 1.95. The fourth-order valence-corrected chi connectivity index (χ4v) is 3.93. The van der Waals surface area contributed by atoms with Gasteiger partial charge in [-0.1, -0.05) is 17.7 Å². The van der Waals surface area contributed by atoms with Gasteiger partial charge in [0.25, 0.3) is 5.91 Å². The van der Waals surface area contributed by atoms with E-state index in [9.17, 15) is 9.59 Å². The van der Waals surface area contributed by atoms with Crippen molar-refractivity contribution in [3.63, 3.8) is 0 Å². The van der Waals surface area contributed by atoms with Gasteiger partial charge in [0.05, 0.1) is 5.02 Å². The number of carbonyl (C=O) groups is 2. The average Bonchev–Trinajstić information content (AvgIpc) is 2.90. The number of nitrogens with zero attached hydrogens (tertiary/aromatic N) is 1. The molecule has 1 aromatic heterocycles. The maximum atomic E-state index is 12.7. The van der Waals surface area contributed by atoms with Crippen molar-refractivity contribution in [1.82, 2.24) is 9.88 Å². The van der Waals surface area contributed by atoms with E-state index >= 15 is 0 Å². The van der Waals surface area contributed by atoms with E-state index < -0.39 is 5.97 Å². The van der Waals surface area contributed by atoms with Crippen LogP contribution >= 0.6 is 11.6 Å². The summed E-state index contributed by atoms with van der Waals surface area (Å²) in [5, 5.41) is 13.5. The lowest BCUT2D eigenvalue weighted by molar-refractivity contribution is -0.138. The van der Waals surface area contributed by atoms with Crippen molar-refractivity contribution in [3.05, 3.63) is 34.5 Å². The number of fused-ring (bicyclic) bond motifs is 1. The zero-order valence-corrected chi connectivity index (χ0v) is 15.3. The molecule has 25 heavy (non-hydrogen) atoms. The van der Waals surface area contributed by atoms with Gasteiger partial charge in [0.15, 0.2) is 0 Å². The van der Waals surface area contributed by atoms with Crippen molar-refractivity contribution in [1.29, 1.82) is 0 Å². The molecule has 0 bridgehead atoms. The molecule has 1 amide bonds. The predicted molar refractivity (Wildman–Crippen MR) is 98.1 cm³/mol. The Labute approximate surface area is 152 Å². The van der Waals surface area contributed by atoms with Crippen LogP contribution in [0.2, 0.25) is 5.02 Å². The van der Waals surface area contributed by atoms with Crippen molar-refractivity contribution in [2.75, 3.05) is 0 Å². The number of carboxylic acids is 1. The lowest BCUT2D eigenvalue weighted by Gasteiger charge is -2.28. The van der Waals surface area contributed by atoms with E-state index in [2.05, 4.69) is 5.32 Å². The highest BCUT2D eigenvalue weighted by atomic mass is 35.5. The van der Waals surface area contributed by atoms with Crippen LogP contribution in [-0.4, -0.2) is 27.6 Å². The van der Waals surface area contributed by atoms with Gasteiger partial charge in [-0.05, 0) is 56.2 Å². The van der Waals surface area contributed by atoms with Gasteiger partial charge in [0.1, 0.15) is 5.69 Å². The Bertz CT molecular complexity index is 820. The van der Waals surface area contributed by atoms with E-state index in [4.69, 9.17) is 16.7 Å². The first-order valence-corrected chi connectivity index (χ1v) is 9.01. The maximum absolute atomic E-state index is 12.7. The summed E-state index contributed by atoms with van der Waals surface area (Å²) in [6.07, 6.45) is 3.57. The van der Waals surface area contributed by atoms with Crippen LogP contribution in [0.5, 0.6) is 0 Å². The van der Waals surface area contributed by atoms with E-state index in [1.807, 2.05) is 36.7 Å². The minimum Gasteiger partial charge on any atom is -0.481 e. The van der Waals surface area contributed by atoms with Gasteiger partial charge in [0.2, 0.25) is 0 Å². The van der Waals surface area contributed by atoms with Crippen molar-refractivity contribution in [3.8, 4) is 0 Å². The maximum Gasteiger partial charge on any atom is 0.303 e. The van der Waals surface area contributed by atoms with Crippen molar-refractivity contribution >= 4 is 34.4 Å². The second-order valence-corrected chi connectivity index (χ2v) is 7.38. The van der Waals surface area contributed by atoms with Crippen molar-refractivity contribution in [2.24, 2.45) is 13.0 Å². The molecule has 6 heteroatoms. The molecule has 2 N–H and O–H groups in total. The van der Waals surface area contributed by atoms with E-state index in [1.165, 1.54) is 0 Å². The zero-order chi connectivity index (χ0) is 18.1. The number of hydrogen-bond donors (Lipinski definition) is 2. The molecule has 1 aliphatic rings. The molecule has 1 saturated carbocycles. The Balaban J connectivity index is 1.70. The Morgan fingerprint density at radius 1 is 1.28 bits per heavy atom. The molecular formula is C19H23ClN2O3. The quantitative estimate of drug-likeness (QED) is 0.866. The van der Waals surface area contributed by atoms with Crippen LogP contribution in [0.15, 0.2) is 18.2 Å². The topological polar surface area (TPSA) is 71.3 Å². The summed E-state index contributed by atoms with van der Waals surface area (Å²) in [4.78, 5) is 23.5. The summed E-state index contributed by atoms with van der Waals surface area (Å²) in [7, 11) is 1.87. The number of hydrogen-bond acceptors (Lipinski definition) is 2. The molecule has 2 aromatic rings. The molecular weight excluding hydrogens is 340 g/mol. The number of rotatable bonds is 4.